The maximum Gasteiger partial charge on any atom is 0.229 e. The van der Waals surface area contributed by atoms with E-state index in [1.165, 1.54) is 0 Å². The Hall–Kier alpha value is -2.66. The maximum atomic E-state index is 9.70. The van der Waals surface area contributed by atoms with Crippen molar-refractivity contribution in [3.05, 3.63) is 54.1 Å². The highest BCUT2D eigenvalue weighted by molar-refractivity contribution is 5.90. The Morgan fingerprint density at radius 1 is 1.09 bits per heavy atom. The molecule has 1 atom stereocenters. The molecule has 0 aliphatic carbocycles. The van der Waals surface area contributed by atoms with E-state index in [4.69, 9.17) is 0 Å². The standard InChI is InChI=1S/C18H20N4O/c1-3-19-17-15-9-4-5-10-16(15)21-18(22-17)20-14-8-6-7-13(11-14)12(2)23/h4-12,23H,3H2,1-2H3,(H2,19,20,21,22)/t12-/m1/s1. The summed E-state index contributed by atoms with van der Waals surface area (Å²) in [6.45, 7) is 4.57. The van der Waals surface area contributed by atoms with Crippen molar-refractivity contribution in [2.45, 2.75) is 20.0 Å². The van der Waals surface area contributed by atoms with Gasteiger partial charge in [0.25, 0.3) is 0 Å². The van der Waals surface area contributed by atoms with Crippen LogP contribution in [0.2, 0.25) is 0 Å². The number of nitrogens with zero attached hydrogens (tertiary/aromatic N) is 2. The molecule has 0 aliphatic heterocycles. The summed E-state index contributed by atoms with van der Waals surface area (Å²) in [5.74, 6) is 1.34. The molecule has 0 aliphatic rings. The van der Waals surface area contributed by atoms with Crippen LogP contribution in [0.5, 0.6) is 0 Å². The number of aliphatic hydroxyl groups excluding tert-OH is 1. The predicted molar refractivity (Wildman–Crippen MR) is 94.1 cm³/mol. The first-order valence-corrected chi connectivity index (χ1v) is 7.73. The molecular formula is C18H20N4O. The van der Waals surface area contributed by atoms with Gasteiger partial charge in [-0.05, 0) is 43.7 Å². The third-order valence-electron chi connectivity index (χ3n) is 3.57. The van der Waals surface area contributed by atoms with Crippen LogP contribution < -0.4 is 10.6 Å². The lowest BCUT2D eigenvalue weighted by Crippen LogP contribution is -2.05. The fourth-order valence-corrected chi connectivity index (χ4v) is 2.44. The van der Waals surface area contributed by atoms with Gasteiger partial charge in [0.15, 0.2) is 0 Å². The summed E-state index contributed by atoms with van der Waals surface area (Å²) in [4.78, 5) is 9.13. The first-order valence-electron chi connectivity index (χ1n) is 7.73. The molecule has 3 N–H and O–H groups in total. The number of rotatable bonds is 5. The SMILES string of the molecule is CCNc1nc(Nc2cccc([C@@H](C)O)c2)nc2ccccc12. The van der Waals surface area contributed by atoms with Gasteiger partial charge in [-0.25, -0.2) is 4.98 Å². The van der Waals surface area contributed by atoms with Gasteiger partial charge < -0.3 is 15.7 Å². The largest absolute Gasteiger partial charge is 0.389 e. The normalized spacial score (nSPS) is 12.1. The van der Waals surface area contributed by atoms with Crippen LogP contribution in [-0.4, -0.2) is 21.6 Å². The molecule has 5 nitrogen and oxygen atoms in total. The fourth-order valence-electron chi connectivity index (χ4n) is 2.44. The van der Waals surface area contributed by atoms with E-state index in [1.54, 1.807) is 6.92 Å². The molecule has 0 amide bonds. The number of hydrogen-bond donors (Lipinski definition) is 3. The average molecular weight is 308 g/mol. The van der Waals surface area contributed by atoms with Crippen LogP contribution in [0.4, 0.5) is 17.5 Å². The van der Waals surface area contributed by atoms with Crippen molar-refractivity contribution in [1.82, 2.24) is 9.97 Å². The summed E-state index contributed by atoms with van der Waals surface area (Å²) in [5, 5.41) is 17.2. The van der Waals surface area contributed by atoms with Gasteiger partial charge in [0.05, 0.1) is 11.6 Å². The third-order valence-corrected chi connectivity index (χ3v) is 3.57. The molecular weight excluding hydrogens is 288 g/mol. The van der Waals surface area contributed by atoms with Gasteiger partial charge >= 0.3 is 0 Å². The number of anilines is 3. The van der Waals surface area contributed by atoms with E-state index in [-0.39, 0.29) is 0 Å². The van der Waals surface area contributed by atoms with Crippen molar-refractivity contribution in [2.75, 3.05) is 17.2 Å². The number of benzene rings is 2. The highest BCUT2D eigenvalue weighted by atomic mass is 16.3. The van der Waals surface area contributed by atoms with Crippen LogP contribution in [0.3, 0.4) is 0 Å². The molecule has 5 heteroatoms. The fraction of sp³-hybridized carbons (Fsp3) is 0.222. The summed E-state index contributed by atoms with van der Waals surface area (Å²) in [6, 6.07) is 15.5. The van der Waals surface area contributed by atoms with Crippen molar-refractivity contribution in [3.63, 3.8) is 0 Å². The van der Waals surface area contributed by atoms with Gasteiger partial charge in [-0.1, -0.05) is 24.3 Å². The van der Waals surface area contributed by atoms with Crippen LogP contribution >= 0.6 is 0 Å². The van der Waals surface area contributed by atoms with E-state index >= 15 is 0 Å². The Balaban J connectivity index is 1.98. The van der Waals surface area contributed by atoms with Crippen LogP contribution in [0.25, 0.3) is 10.9 Å². The number of hydrogen-bond acceptors (Lipinski definition) is 5. The molecule has 23 heavy (non-hydrogen) atoms. The van der Waals surface area contributed by atoms with Crippen LogP contribution in [-0.2, 0) is 0 Å². The maximum absolute atomic E-state index is 9.70. The van der Waals surface area contributed by atoms with Crippen LogP contribution in [0.1, 0.15) is 25.5 Å². The smallest absolute Gasteiger partial charge is 0.229 e. The molecule has 2 aromatic carbocycles. The molecule has 118 valence electrons. The Morgan fingerprint density at radius 2 is 1.91 bits per heavy atom. The molecule has 0 unspecified atom stereocenters. The van der Waals surface area contributed by atoms with Crippen molar-refractivity contribution >= 4 is 28.4 Å². The summed E-state index contributed by atoms with van der Waals surface area (Å²) in [5.41, 5.74) is 2.58. The van der Waals surface area contributed by atoms with Gasteiger partial charge in [0, 0.05) is 17.6 Å². The number of para-hydroxylation sites is 1. The number of nitrogens with one attached hydrogen (secondary N) is 2. The van der Waals surface area contributed by atoms with Crippen LogP contribution in [0, 0.1) is 0 Å². The van der Waals surface area contributed by atoms with Crippen molar-refractivity contribution < 1.29 is 5.11 Å². The molecule has 0 fully saturated rings. The molecule has 3 aromatic rings. The minimum absolute atomic E-state index is 0.508. The number of fused-ring (bicyclic) bond motifs is 1. The Kier molecular flexibility index (Phi) is 4.39. The first-order chi connectivity index (χ1) is 11.2. The van der Waals surface area contributed by atoms with Crippen molar-refractivity contribution in [2.24, 2.45) is 0 Å². The molecule has 1 heterocycles. The van der Waals surface area contributed by atoms with E-state index in [1.807, 2.05) is 55.5 Å². The zero-order chi connectivity index (χ0) is 16.2. The van der Waals surface area contributed by atoms with E-state index in [0.717, 1.165) is 34.5 Å². The monoisotopic (exact) mass is 308 g/mol. The van der Waals surface area contributed by atoms with E-state index in [2.05, 4.69) is 20.6 Å². The highest BCUT2D eigenvalue weighted by Crippen LogP contribution is 2.24. The third kappa shape index (κ3) is 3.40. The second-order valence-electron chi connectivity index (χ2n) is 5.37. The zero-order valence-electron chi connectivity index (χ0n) is 13.2. The number of aromatic nitrogens is 2. The topological polar surface area (TPSA) is 70.1 Å². The molecule has 0 radical (unpaired) electrons. The lowest BCUT2D eigenvalue weighted by molar-refractivity contribution is 0.199. The Bertz CT molecular complexity index is 817. The minimum atomic E-state index is -0.508. The summed E-state index contributed by atoms with van der Waals surface area (Å²) < 4.78 is 0. The molecule has 0 spiro atoms. The summed E-state index contributed by atoms with van der Waals surface area (Å²) in [6.07, 6.45) is -0.508. The van der Waals surface area contributed by atoms with Gasteiger partial charge in [0.1, 0.15) is 5.82 Å². The lowest BCUT2D eigenvalue weighted by Gasteiger charge is -2.12. The Labute approximate surface area is 135 Å². The second-order valence-corrected chi connectivity index (χ2v) is 5.37. The van der Waals surface area contributed by atoms with E-state index in [9.17, 15) is 5.11 Å². The van der Waals surface area contributed by atoms with E-state index in [0.29, 0.717) is 5.95 Å². The quantitative estimate of drug-likeness (QED) is 0.667. The van der Waals surface area contributed by atoms with Crippen molar-refractivity contribution in [3.8, 4) is 0 Å². The lowest BCUT2D eigenvalue weighted by atomic mass is 10.1. The minimum Gasteiger partial charge on any atom is -0.389 e. The van der Waals surface area contributed by atoms with Gasteiger partial charge in [0.2, 0.25) is 5.95 Å². The zero-order valence-corrected chi connectivity index (χ0v) is 13.2. The van der Waals surface area contributed by atoms with E-state index < -0.39 is 6.10 Å². The molecule has 1 aromatic heterocycles. The molecule has 3 rings (SSSR count). The van der Waals surface area contributed by atoms with Crippen LogP contribution in [0.15, 0.2) is 48.5 Å². The highest BCUT2D eigenvalue weighted by Gasteiger charge is 2.08. The molecule has 0 bridgehead atoms. The average Bonchev–Trinajstić information content (AvgIpc) is 2.55. The molecule has 0 saturated carbocycles. The van der Waals surface area contributed by atoms with Gasteiger partial charge in [-0.2, -0.15) is 4.98 Å². The summed E-state index contributed by atoms with van der Waals surface area (Å²) >= 11 is 0. The predicted octanol–water partition coefficient (Wildman–Crippen LogP) is 3.86. The second kappa shape index (κ2) is 6.62. The Morgan fingerprint density at radius 3 is 2.70 bits per heavy atom. The van der Waals surface area contributed by atoms with Gasteiger partial charge in [-0.15, -0.1) is 0 Å². The summed E-state index contributed by atoms with van der Waals surface area (Å²) in [7, 11) is 0. The number of aliphatic hydroxyl groups is 1. The van der Waals surface area contributed by atoms with Gasteiger partial charge in [-0.3, -0.25) is 0 Å². The molecule has 0 saturated heterocycles. The van der Waals surface area contributed by atoms with Crippen molar-refractivity contribution in [1.29, 1.82) is 0 Å². The first kappa shape index (κ1) is 15.2.